The van der Waals surface area contributed by atoms with Gasteiger partial charge in [0.25, 0.3) is 0 Å². The van der Waals surface area contributed by atoms with Gasteiger partial charge in [-0.1, -0.05) is 41.5 Å². The van der Waals surface area contributed by atoms with Crippen molar-refractivity contribution in [3.8, 4) is 0 Å². The van der Waals surface area contributed by atoms with Crippen LogP contribution in [0.1, 0.15) is 48.0 Å². The van der Waals surface area contributed by atoms with Crippen molar-refractivity contribution in [1.29, 1.82) is 0 Å². The number of carbonyl (C=O) groups is 1. The summed E-state index contributed by atoms with van der Waals surface area (Å²) in [5, 5.41) is 0.168. The molecule has 1 heterocycles. The predicted molar refractivity (Wildman–Crippen MR) is 80.6 cm³/mol. The highest BCUT2D eigenvalue weighted by Crippen LogP contribution is 2.40. The maximum Gasteiger partial charge on any atom is 0.308 e. The second-order valence-electron chi connectivity index (χ2n) is 7.68. The fourth-order valence-corrected chi connectivity index (χ4v) is 3.72. The van der Waals surface area contributed by atoms with E-state index in [1.54, 1.807) is 0 Å². The topological polar surface area (TPSA) is 35.5 Å². The van der Waals surface area contributed by atoms with E-state index in [2.05, 4.69) is 54.6 Å². The molecule has 0 saturated carbocycles. The molecule has 1 aliphatic rings. The molecular weight excluding hydrogens is 256 g/mol. The van der Waals surface area contributed by atoms with Crippen molar-refractivity contribution in [3.63, 3.8) is 0 Å². The third kappa shape index (κ3) is 3.82. The molecule has 0 amide bonds. The van der Waals surface area contributed by atoms with Gasteiger partial charge in [0.15, 0.2) is 8.32 Å². The highest BCUT2D eigenvalue weighted by atomic mass is 28.4. The fraction of sp³-hybridized carbons (Fsp3) is 0.933. The van der Waals surface area contributed by atoms with Crippen molar-refractivity contribution in [3.05, 3.63) is 0 Å². The molecule has 1 aliphatic heterocycles. The Morgan fingerprint density at radius 3 is 2.26 bits per heavy atom. The van der Waals surface area contributed by atoms with Gasteiger partial charge in [0.2, 0.25) is 0 Å². The van der Waals surface area contributed by atoms with E-state index in [0.29, 0.717) is 12.3 Å². The van der Waals surface area contributed by atoms with E-state index >= 15 is 0 Å². The molecule has 0 aromatic rings. The molecule has 0 aromatic heterocycles. The SMILES string of the molecule is CC(C)[C@H]1OC(=O)C[C@@H](O[Si](C)(C)C(C)(C)C)[C@@H]1C. The Bertz CT molecular complexity index is 331. The van der Waals surface area contributed by atoms with Gasteiger partial charge in [-0.3, -0.25) is 4.79 Å². The number of rotatable bonds is 3. The van der Waals surface area contributed by atoms with Gasteiger partial charge in [-0.2, -0.15) is 0 Å². The summed E-state index contributed by atoms with van der Waals surface area (Å²) in [7, 11) is -1.84. The second kappa shape index (κ2) is 5.56. The van der Waals surface area contributed by atoms with Crippen LogP contribution in [0.3, 0.4) is 0 Å². The Hall–Kier alpha value is -0.353. The van der Waals surface area contributed by atoms with Gasteiger partial charge in [0.1, 0.15) is 6.10 Å². The Labute approximate surface area is 119 Å². The second-order valence-corrected chi connectivity index (χ2v) is 12.4. The Morgan fingerprint density at radius 1 is 1.32 bits per heavy atom. The third-order valence-electron chi connectivity index (χ3n) is 4.65. The molecule has 1 saturated heterocycles. The van der Waals surface area contributed by atoms with E-state index < -0.39 is 8.32 Å². The molecule has 3 atom stereocenters. The Kier molecular flexibility index (Phi) is 4.89. The van der Waals surface area contributed by atoms with Gasteiger partial charge in [-0.25, -0.2) is 0 Å². The third-order valence-corrected chi connectivity index (χ3v) is 9.15. The van der Waals surface area contributed by atoms with Gasteiger partial charge in [0, 0.05) is 5.92 Å². The molecule has 0 unspecified atom stereocenters. The van der Waals surface area contributed by atoms with E-state index in [-0.39, 0.29) is 29.1 Å². The average molecular weight is 286 g/mol. The molecule has 0 aliphatic carbocycles. The maximum absolute atomic E-state index is 11.8. The first-order valence-electron chi connectivity index (χ1n) is 7.33. The minimum absolute atomic E-state index is 0.00883. The highest BCUT2D eigenvalue weighted by Gasteiger charge is 2.44. The van der Waals surface area contributed by atoms with E-state index in [9.17, 15) is 4.79 Å². The van der Waals surface area contributed by atoms with Crippen LogP contribution in [0.2, 0.25) is 18.1 Å². The van der Waals surface area contributed by atoms with Crippen molar-refractivity contribution in [2.24, 2.45) is 11.8 Å². The van der Waals surface area contributed by atoms with Gasteiger partial charge in [0.05, 0.1) is 12.5 Å². The largest absolute Gasteiger partial charge is 0.462 e. The molecular formula is C15H30O3Si. The highest BCUT2D eigenvalue weighted by molar-refractivity contribution is 6.74. The zero-order valence-corrected chi connectivity index (χ0v) is 14.7. The van der Waals surface area contributed by atoms with E-state index in [1.807, 2.05) is 0 Å². The Morgan fingerprint density at radius 2 is 1.84 bits per heavy atom. The monoisotopic (exact) mass is 286 g/mol. The number of cyclic esters (lactones) is 1. The van der Waals surface area contributed by atoms with Crippen LogP contribution in [0.4, 0.5) is 0 Å². The molecule has 3 nitrogen and oxygen atoms in total. The normalized spacial score (nSPS) is 29.5. The van der Waals surface area contributed by atoms with E-state index in [4.69, 9.17) is 9.16 Å². The molecule has 19 heavy (non-hydrogen) atoms. The summed E-state index contributed by atoms with van der Waals surface area (Å²) in [6.45, 7) is 17.5. The van der Waals surface area contributed by atoms with Crippen LogP contribution in [-0.2, 0) is 14.0 Å². The number of carbonyl (C=O) groups excluding carboxylic acids is 1. The summed E-state index contributed by atoms with van der Waals surface area (Å²) >= 11 is 0. The number of hydrogen-bond acceptors (Lipinski definition) is 3. The summed E-state index contributed by atoms with van der Waals surface area (Å²) in [6.07, 6.45) is 0.391. The number of ether oxygens (including phenoxy) is 1. The van der Waals surface area contributed by atoms with Crippen LogP contribution in [0.5, 0.6) is 0 Å². The lowest BCUT2D eigenvalue weighted by Crippen LogP contribution is -2.51. The summed E-state index contributed by atoms with van der Waals surface area (Å²) in [6, 6.07) is 0. The van der Waals surface area contributed by atoms with Crippen molar-refractivity contribution in [1.82, 2.24) is 0 Å². The zero-order chi connectivity index (χ0) is 15.0. The van der Waals surface area contributed by atoms with E-state index in [1.165, 1.54) is 0 Å². The maximum atomic E-state index is 11.8. The van der Waals surface area contributed by atoms with Crippen molar-refractivity contribution in [2.75, 3.05) is 0 Å². The van der Waals surface area contributed by atoms with E-state index in [0.717, 1.165) is 0 Å². The lowest BCUT2D eigenvalue weighted by Gasteiger charge is -2.44. The molecule has 1 rings (SSSR count). The average Bonchev–Trinajstić information content (AvgIpc) is 2.20. The smallest absolute Gasteiger partial charge is 0.308 e. The standard InChI is InChI=1S/C15H30O3Si/c1-10(2)14-11(3)12(9-13(16)17-14)18-19(7,8)15(4,5)6/h10-12,14H,9H2,1-8H3/t11-,12+,14+/m0/s1. The number of hydrogen-bond donors (Lipinski definition) is 0. The van der Waals surface area contributed by atoms with Crippen LogP contribution in [0.25, 0.3) is 0 Å². The molecule has 0 aromatic carbocycles. The molecule has 1 fully saturated rings. The van der Waals surface area contributed by atoms with Gasteiger partial charge < -0.3 is 9.16 Å². The summed E-state index contributed by atoms with van der Waals surface area (Å²) < 4.78 is 11.9. The van der Waals surface area contributed by atoms with Crippen LogP contribution >= 0.6 is 0 Å². The van der Waals surface area contributed by atoms with Gasteiger partial charge >= 0.3 is 5.97 Å². The predicted octanol–water partition coefficient (Wildman–Crippen LogP) is 3.98. The first-order chi connectivity index (χ1) is 8.45. The number of esters is 1. The molecule has 0 N–H and O–H groups in total. The molecule has 0 spiro atoms. The summed E-state index contributed by atoms with van der Waals surface area (Å²) in [4.78, 5) is 11.8. The first-order valence-corrected chi connectivity index (χ1v) is 10.2. The minimum atomic E-state index is -1.84. The van der Waals surface area contributed by atoms with Crippen LogP contribution in [-0.4, -0.2) is 26.5 Å². The van der Waals surface area contributed by atoms with Crippen molar-refractivity contribution >= 4 is 14.3 Å². The summed E-state index contributed by atoms with van der Waals surface area (Å²) in [5.41, 5.74) is 0. The molecule has 4 heteroatoms. The quantitative estimate of drug-likeness (QED) is 0.581. The molecule has 112 valence electrons. The van der Waals surface area contributed by atoms with Crippen LogP contribution in [0.15, 0.2) is 0 Å². The van der Waals surface area contributed by atoms with Crippen LogP contribution in [0, 0.1) is 11.8 Å². The van der Waals surface area contributed by atoms with Crippen molar-refractivity contribution in [2.45, 2.75) is 78.3 Å². The first kappa shape index (κ1) is 16.7. The fourth-order valence-electron chi connectivity index (χ4n) is 2.32. The van der Waals surface area contributed by atoms with Crippen molar-refractivity contribution < 1.29 is 14.0 Å². The zero-order valence-electron chi connectivity index (χ0n) is 13.7. The van der Waals surface area contributed by atoms with Gasteiger partial charge in [-0.05, 0) is 24.1 Å². The lowest BCUT2D eigenvalue weighted by molar-refractivity contribution is -0.170. The lowest BCUT2D eigenvalue weighted by atomic mass is 9.87. The minimum Gasteiger partial charge on any atom is -0.462 e. The van der Waals surface area contributed by atoms with Crippen LogP contribution < -0.4 is 0 Å². The molecule has 0 bridgehead atoms. The Balaban J connectivity index is 2.85. The summed E-state index contributed by atoms with van der Waals surface area (Å²) in [5.74, 6) is 0.497. The van der Waals surface area contributed by atoms with Gasteiger partial charge in [-0.15, -0.1) is 0 Å². The molecule has 0 radical (unpaired) electrons.